The Balaban J connectivity index is 1.92. The highest BCUT2D eigenvalue weighted by molar-refractivity contribution is 6.91. The normalized spacial score (nSPS) is 16.3. The van der Waals surface area contributed by atoms with E-state index in [2.05, 4.69) is 82.4 Å². The van der Waals surface area contributed by atoms with E-state index in [1.54, 1.807) is 5.19 Å². The van der Waals surface area contributed by atoms with Gasteiger partial charge in [-0.05, 0) is 67.0 Å². The molecule has 3 aromatic rings. The van der Waals surface area contributed by atoms with Gasteiger partial charge in [0.25, 0.3) is 0 Å². The maximum absolute atomic E-state index is 2.61. The Labute approximate surface area is 177 Å². The smallest absolute Gasteiger partial charge is 0.200 e. The van der Waals surface area contributed by atoms with E-state index in [4.69, 9.17) is 0 Å². The van der Waals surface area contributed by atoms with E-state index < -0.39 is 8.07 Å². The molecule has 1 aromatic heterocycles. The molecule has 0 radical (unpaired) electrons. The summed E-state index contributed by atoms with van der Waals surface area (Å²) in [6, 6.07) is 15.1. The summed E-state index contributed by atoms with van der Waals surface area (Å²) in [5.74, 6) is 0. The highest BCUT2D eigenvalue weighted by Crippen LogP contribution is 2.34. The van der Waals surface area contributed by atoms with Gasteiger partial charge in [0.15, 0.2) is 6.20 Å². The van der Waals surface area contributed by atoms with Gasteiger partial charge >= 0.3 is 0 Å². The number of rotatable bonds is 3. The van der Waals surface area contributed by atoms with Crippen LogP contribution in [0.15, 0.2) is 36.5 Å². The zero-order valence-corrected chi connectivity index (χ0v) is 20.2. The molecule has 0 N–H and O–H groups in total. The molecule has 1 nitrogen and oxygen atoms in total. The molecule has 1 aliphatic rings. The van der Waals surface area contributed by atoms with Crippen molar-refractivity contribution in [1.82, 2.24) is 0 Å². The fourth-order valence-corrected chi connectivity index (χ4v) is 9.31. The Morgan fingerprint density at radius 3 is 2.31 bits per heavy atom. The number of aryl methyl sites for hydroxylation is 2. The summed E-state index contributed by atoms with van der Waals surface area (Å²) in [7, 11) is 0.906. The van der Waals surface area contributed by atoms with Crippen LogP contribution in [0.3, 0.4) is 0 Å². The molecule has 0 atom stereocenters. The lowest BCUT2D eigenvalue weighted by atomic mass is 9.90. The molecule has 1 saturated heterocycles. The second kappa shape index (κ2) is 7.72. The number of aromatic nitrogens is 1. The van der Waals surface area contributed by atoms with E-state index in [0.29, 0.717) is 0 Å². The lowest BCUT2D eigenvalue weighted by molar-refractivity contribution is -0.659. The fourth-order valence-electron chi connectivity index (χ4n) is 5.43. The van der Waals surface area contributed by atoms with Crippen LogP contribution in [-0.4, -0.2) is 8.07 Å². The van der Waals surface area contributed by atoms with Crippen molar-refractivity contribution >= 4 is 24.0 Å². The molecule has 2 heteroatoms. The van der Waals surface area contributed by atoms with E-state index in [9.17, 15) is 0 Å². The maximum Gasteiger partial charge on any atom is 0.220 e. The average molecular weight is 403 g/mol. The van der Waals surface area contributed by atoms with Gasteiger partial charge in [0.05, 0.1) is 19.0 Å². The first-order chi connectivity index (χ1) is 13.9. The number of fused-ring (bicyclic) bond motifs is 1. The van der Waals surface area contributed by atoms with E-state index in [-0.39, 0.29) is 0 Å². The SMILES string of the molecule is CCc1cc(-c2c3ccc([Si]4(C)CCCCC4)cc3cc[n+]2C)c(C)c(C)c1C. The molecular weight excluding hydrogens is 366 g/mol. The molecule has 0 aliphatic carbocycles. The van der Waals surface area contributed by atoms with Crippen molar-refractivity contribution < 1.29 is 4.57 Å². The first-order valence-electron chi connectivity index (χ1n) is 11.4. The molecule has 0 amide bonds. The van der Waals surface area contributed by atoms with Crippen LogP contribution in [0.25, 0.3) is 22.0 Å². The van der Waals surface area contributed by atoms with Gasteiger partial charge in [-0.25, -0.2) is 4.57 Å². The summed E-state index contributed by atoms with van der Waals surface area (Å²) in [4.78, 5) is 0. The van der Waals surface area contributed by atoms with Gasteiger partial charge in [-0.15, -0.1) is 0 Å². The van der Waals surface area contributed by atoms with Crippen LogP contribution in [0.1, 0.15) is 48.4 Å². The van der Waals surface area contributed by atoms with Crippen LogP contribution in [0, 0.1) is 20.8 Å². The number of hydrogen-bond acceptors (Lipinski definition) is 0. The summed E-state index contributed by atoms with van der Waals surface area (Å²) < 4.78 is 2.32. The highest BCUT2D eigenvalue weighted by Gasteiger charge is 2.31. The Bertz CT molecular complexity index is 1070. The van der Waals surface area contributed by atoms with Crippen molar-refractivity contribution in [2.75, 3.05) is 0 Å². The van der Waals surface area contributed by atoms with Gasteiger partial charge in [-0.3, -0.25) is 0 Å². The van der Waals surface area contributed by atoms with Gasteiger partial charge in [0.2, 0.25) is 5.69 Å². The van der Waals surface area contributed by atoms with Crippen LogP contribution in [-0.2, 0) is 13.5 Å². The van der Waals surface area contributed by atoms with Crippen LogP contribution >= 0.6 is 0 Å². The third-order valence-corrected chi connectivity index (χ3v) is 12.4. The highest BCUT2D eigenvalue weighted by atomic mass is 28.3. The molecule has 0 unspecified atom stereocenters. The largest absolute Gasteiger partial charge is 0.220 e. The number of benzene rings is 2. The van der Waals surface area contributed by atoms with Crippen molar-refractivity contribution in [3.05, 3.63) is 58.8 Å². The standard InChI is InChI=1S/C27H36NSi/c1-7-22-18-26(21(4)19(2)20(22)3)27-25-12-11-24(17-23(25)13-14-28(27)5)29(6)15-9-8-10-16-29/h11-14,17-18H,7-10,15-16H2,1-6H3/q+1. The maximum atomic E-state index is 2.61. The minimum Gasteiger partial charge on any atom is -0.200 e. The third-order valence-electron chi connectivity index (χ3n) is 7.76. The molecule has 0 saturated carbocycles. The van der Waals surface area contributed by atoms with Crippen LogP contribution in [0.2, 0.25) is 18.6 Å². The Hall–Kier alpha value is -1.93. The molecule has 4 rings (SSSR count). The second-order valence-corrected chi connectivity index (χ2v) is 14.2. The van der Waals surface area contributed by atoms with Crippen molar-refractivity contribution in [1.29, 1.82) is 0 Å². The second-order valence-electron chi connectivity index (χ2n) is 9.51. The summed E-state index contributed by atoms with van der Waals surface area (Å²) in [6.45, 7) is 11.7. The van der Waals surface area contributed by atoms with E-state index in [1.165, 1.54) is 75.6 Å². The summed E-state index contributed by atoms with van der Waals surface area (Å²) in [6.07, 6.45) is 7.63. The van der Waals surface area contributed by atoms with E-state index >= 15 is 0 Å². The number of nitrogens with zero attached hydrogens (tertiary/aromatic N) is 1. The zero-order chi connectivity index (χ0) is 20.8. The van der Waals surface area contributed by atoms with Crippen LogP contribution in [0.4, 0.5) is 0 Å². The van der Waals surface area contributed by atoms with Gasteiger partial charge in [-0.1, -0.05) is 62.1 Å². The summed E-state index contributed by atoms with van der Waals surface area (Å²) >= 11 is 0. The first-order valence-corrected chi connectivity index (χ1v) is 14.3. The fraction of sp³-hybridized carbons (Fsp3) is 0.444. The van der Waals surface area contributed by atoms with Gasteiger partial charge < -0.3 is 0 Å². The quantitative estimate of drug-likeness (QED) is 0.358. The Morgan fingerprint density at radius 1 is 0.897 bits per heavy atom. The minimum atomic E-state index is -1.29. The Morgan fingerprint density at radius 2 is 1.62 bits per heavy atom. The lowest BCUT2D eigenvalue weighted by Crippen LogP contribution is -2.45. The van der Waals surface area contributed by atoms with Gasteiger partial charge in [-0.2, -0.15) is 0 Å². The molecule has 0 spiro atoms. The van der Waals surface area contributed by atoms with E-state index in [0.717, 1.165) is 6.42 Å². The zero-order valence-electron chi connectivity index (χ0n) is 19.2. The number of pyridine rings is 1. The van der Waals surface area contributed by atoms with Crippen LogP contribution in [0.5, 0.6) is 0 Å². The predicted molar refractivity (Wildman–Crippen MR) is 129 cm³/mol. The summed E-state index contributed by atoms with van der Waals surface area (Å²) in [5.41, 5.74) is 8.54. The van der Waals surface area contributed by atoms with Crippen molar-refractivity contribution in [3.63, 3.8) is 0 Å². The predicted octanol–water partition coefficient (Wildman–Crippen LogP) is 6.29. The van der Waals surface area contributed by atoms with Crippen LogP contribution < -0.4 is 9.75 Å². The minimum absolute atomic E-state index is 1.09. The monoisotopic (exact) mass is 402 g/mol. The molecular formula is C27H36NSi+. The number of hydrogen-bond donors (Lipinski definition) is 0. The van der Waals surface area contributed by atoms with Crippen molar-refractivity contribution in [2.45, 2.75) is 72.0 Å². The molecule has 1 aliphatic heterocycles. The molecule has 2 aromatic carbocycles. The molecule has 152 valence electrons. The summed E-state index contributed by atoms with van der Waals surface area (Å²) in [5, 5.41) is 4.46. The molecule has 2 heterocycles. The van der Waals surface area contributed by atoms with Crippen molar-refractivity contribution in [2.24, 2.45) is 7.05 Å². The molecule has 29 heavy (non-hydrogen) atoms. The van der Waals surface area contributed by atoms with Gasteiger partial charge in [0.1, 0.15) is 7.05 Å². The Kier molecular flexibility index (Phi) is 5.41. The van der Waals surface area contributed by atoms with Gasteiger partial charge in [0, 0.05) is 6.07 Å². The average Bonchev–Trinajstić information content (AvgIpc) is 2.73. The van der Waals surface area contributed by atoms with E-state index in [1.807, 2.05) is 0 Å². The molecule has 1 fully saturated rings. The lowest BCUT2D eigenvalue weighted by Gasteiger charge is -2.32. The third kappa shape index (κ3) is 3.46. The van der Waals surface area contributed by atoms with Crippen molar-refractivity contribution in [3.8, 4) is 11.3 Å². The first kappa shape index (κ1) is 20.3. The topological polar surface area (TPSA) is 3.88 Å². The molecule has 0 bridgehead atoms.